The van der Waals surface area contributed by atoms with Crippen LogP contribution in [0.2, 0.25) is 0 Å². The highest BCUT2D eigenvalue weighted by molar-refractivity contribution is 7.87. The van der Waals surface area contributed by atoms with Gasteiger partial charge in [-0.05, 0) is 36.4 Å². The van der Waals surface area contributed by atoms with Gasteiger partial charge in [0.1, 0.15) is 17.7 Å². The molecule has 0 aliphatic heterocycles. The van der Waals surface area contributed by atoms with Crippen LogP contribution >= 0.6 is 11.5 Å². The second-order valence-electron chi connectivity index (χ2n) is 7.47. The van der Waals surface area contributed by atoms with Crippen molar-refractivity contribution in [2.24, 2.45) is 5.14 Å². The number of nitrogens with zero attached hydrogens (tertiary/aromatic N) is 2. The lowest BCUT2D eigenvalue weighted by Crippen LogP contribution is -2.44. The summed E-state index contributed by atoms with van der Waals surface area (Å²) < 4.78 is 33.6. The minimum absolute atomic E-state index is 0.0490. The molecule has 35 heavy (non-hydrogen) atoms. The molecule has 1 aromatic heterocycles. The van der Waals surface area contributed by atoms with E-state index in [-0.39, 0.29) is 25.5 Å². The fourth-order valence-electron chi connectivity index (χ4n) is 3.03. The monoisotopic (exact) mass is 518 g/mol. The Morgan fingerprint density at radius 2 is 1.71 bits per heavy atom. The lowest BCUT2D eigenvalue weighted by Gasteiger charge is -2.17. The van der Waals surface area contributed by atoms with E-state index in [2.05, 4.69) is 24.7 Å². The second-order valence-corrected chi connectivity index (χ2v) is 9.60. The van der Waals surface area contributed by atoms with Crippen molar-refractivity contribution >= 4 is 39.7 Å². The van der Waals surface area contributed by atoms with Crippen LogP contribution in [-0.2, 0) is 26.3 Å². The molecule has 186 valence electrons. The lowest BCUT2D eigenvalue weighted by atomic mass is 10.1. The SMILES string of the molecule is NS(=O)(=O)NCCCC[C@H](NC(=O)OCc1ccccc1)C(=O)Nc1nsc(-c2ccccc2)n1. The zero-order valence-corrected chi connectivity index (χ0v) is 20.3. The van der Waals surface area contributed by atoms with Crippen LogP contribution in [0, 0.1) is 0 Å². The normalized spacial score (nSPS) is 12.0. The molecular weight excluding hydrogens is 492 g/mol. The Morgan fingerprint density at radius 1 is 1.03 bits per heavy atom. The molecule has 0 saturated heterocycles. The Morgan fingerprint density at radius 3 is 2.40 bits per heavy atom. The van der Waals surface area contributed by atoms with E-state index in [1.54, 1.807) is 0 Å². The van der Waals surface area contributed by atoms with E-state index in [1.807, 2.05) is 60.7 Å². The van der Waals surface area contributed by atoms with Crippen LogP contribution in [0.25, 0.3) is 10.6 Å². The number of nitrogens with one attached hydrogen (secondary N) is 3. The second kappa shape index (κ2) is 12.9. The number of ether oxygens (including phenoxy) is 1. The first-order valence-corrected chi connectivity index (χ1v) is 13.1. The van der Waals surface area contributed by atoms with Gasteiger partial charge in [-0.15, -0.1) is 0 Å². The molecule has 0 fully saturated rings. The molecule has 0 aliphatic rings. The van der Waals surface area contributed by atoms with Gasteiger partial charge in [0.15, 0.2) is 0 Å². The van der Waals surface area contributed by atoms with Gasteiger partial charge in [0, 0.05) is 12.1 Å². The molecule has 0 bridgehead atoms. The topological polar surface area (TPSA) is 165 Å². The van der Waals surface area contributed by atoms with Crippen molar-refractivity contribution in [3.05, 3.63) is 66.2 Å². The first kappa shape index (κ1) is 26.2. The Labute approximate surface area is 207 Å². The standard InChI is InChI=1S/C22H26N6O5S2/c23-35(31,32)24-14-8-7-13-18(25-22(30)33-15-16-9-3-1-4-10-16)19(29)26-21-27-20(34-28-21)17-11-5-2-6-12-17/h1-6,9-12,18,24H,7-8,13-15H2,(H,25,30)(H2,23,31,32)(H,26,28,29)/t18-/m0/s1. The molecule has 13 heteroatoms. The van der Waals surface area contributed by atoms with Gasteiger partial charge in [-0.1, -0.05) is 60.7 Å². The number of amides is 2. The Bertz CT molecular complexity index is 1210. The fraction of sp³-hybridized carbons (Fsp3) is 0.273. The third-order valence-electron chi connectivity index (χ3n) is 4.73. The number of nitrogens with two attached hydrogens (primary N) is 1. The summed E-state index contributed by atoms with van der Waals surface area (Å²) in [6.07, 6.45) is 0.314. The number of unbranched alkanes of at least 4 members (excludes halogenated alkanes) is 1. The summed E-state index contributed by atoms with van der Waals surface area (Å²) in [5, 5.41) is 10.7. The zero-order chi connectivity index (χ0) is 25.1. The highest BCUT2D eigenvalue weighted by Gasteiger charge is 2.23. The number of benzene rings is 2. The molecule has 3 rings (SSSR count). The third kappa shape index (κ3) is 9.41. The van der Waals surface area contributed by atoms with Crippen molar-refractivity contribution in [1.29, 1.82) is 0 Å². The van der Waals surface area contributed by atoms with Crippen LogP contribution in [0.3, 0.4) is 0 Å². The maximum absolute atomic E-state index is 12.9. The van der Waals surface area contributed by atoms with Gasteiger partial charge >= 0.3 is 6.09 Å². The summed E-state index contributed by atoms with van der Waals surface area (Å²) in [6.45, 7) is 0.160. The van der Waals surface area contributed by atoms with Crippen LogP contribution in [0.15, 0.2) is 60.7 Å². The van der Waals surface area contributed by atoms with Crippen molar-refractivity contribution in [3.63, 3.8) is 0 Å². The van der Waals surface area contributed by atoms with E-state index < -0.39 is 28.3 Å². The summed E-state index contributed by atoms with van der Waals surface area (Å²) in [5.74, 6) is -0.391. The molecule has 0 radical (unpaired) electrons. The number of hydrogen-bond acceptors (Lipinski definition) is 8. The number of rotatable bonds is 12. The van der Waals surface area contributed by atoms with E-state index in [4.69, 9.17) is 9.88 Å². The third-order valence-corrected chi connectivity index (χ3v) is 6.10. The van der Waals surface area contributed by atoms with Crippen molar-refractivity contribution in [1.82, 2.24) is 19.4 Å². The quantitative estimate of drug-likeness (QED) is 0.267. The van der Waals surface area contributed by atoms with Crippen LogP contribution in [-0.4, -0.2) is 42.4 Å². The van der Waals surface area contributed by atoms with E-state index in [1.165, 1.54) is 0 Å². The molecule has 0 spiro atoms. The summed E-state index contributed by atoms with van der Waals surface area (Å²) in [5.41, 5.74) is 1.67. The summed E-state index contributed by atoms with van der Waals surface area (Å²) in [4.78, 5) is 29.6. The molecule has 1 heterocycles. The van der Waals surface area contributed by atoms with Crippen molar-refractivity contribution in [3.8, 4) is 10.6 Å². The fourth-order valence-corrected chi connectivity index (χ4v) is 4.09. The van der Waals surface area contributed by atoms with E-state index in [9.17, 15) is 18.0 Å². The molecule has 0 unspecified atom stereocenters. The average molecular weight is 519 g/mol. The number of hydrogen-bond donors (Lipinski definition) is 4. The average Bonchev–Trinajstić information content (AvgIpc) is 3.31. The molecule has 3 aromatic rings. The van der Waals surface area contributed by atoms with Crippen LogP contribution in [0.4, 0.5) is 10.7 Å². The number of aromatic nitrogens is 2. The summed E-state index contributed by atoms with van der Waals surface area (Å²) in [7, 11) is -3.79. The van der Waals surface area contributed by atoms with Gasteiger partial charge in [0.2, 0.25) is 11.9 Å². The van der Waals surface area contributed by atoms with Crippen molar-refractivity contribution in [2.75, 3.05) is 11.9 Å². The minimum Gasteiger partial charge on any atom is -0.445 e. The number of carbonyl (C=O) groups excluding carboxylic acids is 2. The Hall–Kier alpha value is -3.39. The van der Waals surface area contributed by atoms with Gasteiger partial charge < -0.3 is 10.1 Å². The van der Waals surface area contributed by atoms with Crippen molar-refractivity contribution in [2.45, 2.75) is 31.9 Å². The van der Waals surface area contributed by atoms with Gasteiger partial charge in [0.05, 0.1) is 0 Å². The number of carbonyl (C=O) groups is 2. The van der Waals surface area contributed by atoms with Gasteiger partial charge in [-0.3, -0.25) is 10.1 Å². The first-order valence-electron chi connectivity index (χ1n) is 10.7. The highest BCUT2D eigenvalue weighted by Crippen LogP contribution is 2.22. The largest absolute Gasteiger partial charge is 0.445 e. The molecule has 5 N–H and O–H groups in total. The first-order chi connectivity index (χ1) is 16.8. The lowest BCUT2D eigenvalue weighted by molar-refractivity contribution is -0.118. The van der Waals surface area contributed by atoms with Crippen LogP contribution in [0.5, 0.6) is 0 Å². The molecule has 0 saturated carbocycles. The Kier molecular flexibility index (Phi) is 9.66. The molecular formula is C22H26N6O5S2. The predicted molar refractivity (Wildman–Crippen MR) is 132 cm³/mol. The highest BCUT2D eigenvalue weighted by atomic mass is 32.2. The maximum atomic E-state index is 12.9. The molecule has 11 nitrogen and oxygen atoms in total. The van der Waals surface area contributed by atoms with Crippen LogP contribution < -0.4 is 20.5 Å². The summed E-state index contributed by atoms with van der Waals surface area (Å²) >= 11 is 1.14. The smallest absolute Gasteiger partial charge is 0.408 e. The van der Waals surface area contributed by atoms with E-state index >= 15 is 0 Å². The number of alkyl carbamates (subject to hydrolysis) is 1. The predicted octanol–water partition coefficient (Wildman–Crippen LogP) is 2.40. The molecule has 2 amide bonds. The van der Waals surface area contributed by atoms with Crippen molar-refractivity contribution < 1.29 is 22.7 Å². The minimum atomic E-state index is -3.79. The molecule has 1 atom stereocenters. The Balaban J connectivity index is 1.59. The maximum Gasteiger partial charge on any atom is 0.408 e. The molecule has 0 aliphatic carbocycles. The van der Waals surface area contributed by atoms with Crippen LogP contribution in [0.1, 0.15) is 24.8 Å². The van der Waals surface area contributed by atoms with Gasteiger partial charge in [-0.2, -0.15) is 17.8 Å². The van der Waals surface area contributed by atoms with E-state index in [0.717, 1.165) is 22.7 Å². The summed E-state index contributed by atoms with van der Waals surface area (Å²) in [6, 6.07) is 17.6. The van der Waals surface area contributed by atoms with Gasteiger partial charge in [0.25, 0.3) is 10.2 Å². The van der Waals surface area contributed by atoms with Gasteiger partial charge in [-0.25, -0.2) is 14.7 Å². The van der Waals surface area contributed by atoms with E-state index in [0.29, 0.717) is 17.8 Å². The molecule has 2 aromatic carbocycles. The number of anilines is 1. The zero-order valence-electron chi connectivity index (χ0n) is 18.7.